The van der Waals surface area contributed by atoms with E-state index in [0.717, 1.165) is 9.24 Å². The Hall–Kier alpha value is -3.77. The van der Waals surface area contributed by atoms with Gasteiger partial charge in [-0.15, -0.1) is 0 Å². The molecule has 12 nitrogen and oxygen atoms in total. The van der Waals surface area contributed by atoms with Crippen LogP contribution in [0.15, 0.2) is 33.9 Å². The molecular formula is C22H25Cl2N7O5. The summed E-state index contributed by atoms with van der Waals surface area (Å²) >= 11 is 12.3. The van der Waals surface area contributed by atoms with E-state index in [4.69, 9.17) is 28.3 Å². The Morgan fingerprint density at radius 2 is 1.72 bits per heavy atom. The summed E-state index contributed by atoms with van der Waals surface area (Å²) in [6.45, 7) is 3.13. The summed E-state index contributed by atoms with van der Waals surface area (Å²) in [6, 6.07) is 6.14. The summed E-state index contributed by atoms with van der Waals surface area (Å²) in [5, 5.41) is 18.8. The van der Waals surface area contributed by atoms with Gasteiger partial charge in [-0.05, 0) is 37.1 Å². The smallest absolute Gasteiger partial charge is 0.404 e. The fourth-order valence-corrected chi connectivity index (χ4v) is 3.99. The van der Waals surface area contributed by atoms with Gasteiger partial charge < -0.3 is 21.2 Å². The van der Waals surface area contributed by atoms with Crippen LogP contribution >= 0.6 is 23.2 Å². The zero-order valence-electron chi connectivity index (χ0n) is 19.8. The number of aryl methyl sites for hydroxylation is 3. The maximum atomic E-state index is 13.0. The van der Waals surface area contributed by atoms with Crippen LogP contribution in [-0.4, -0.2) is 36.1 Å². The number of benzene rings is 1. The second kappa shape index (κ2) is 11.3. The lowest BCUT2D eigenvalue weighted by molar-refractivity contribution is -0.121. The molecule has 0 fully saturated rings. The second-order valence-corrected chi connectivity index (χ2v) is 8.78. The SMILES string of the molecule is Cc1nn(C)c(Cl)c1CNn1c(=O)cc(C)n(CC(=O)NCc2cc(Cl)ccc2CNC(=O)O)c1=O. The van der Waals surface area contributed by atoms with Gasteiger partial charge in [0.15, 0.2) is 0 Å². The van der Waals surface area contributed by atoms with Crippen molar-refractivity contribution in [2.45, 2.75) is 40.0 Å². The molecule has 2 heterocycles. The topological polar surface area (TPSA) is 152 Å². The van der Waals surface area contributed by atoms with E-state index in [1.54, 1.807) is 39.1 Å². The van der Waals surface area contributed by atoms with Gasteiger partial charge in [0.05, 0.1) is 12.2 Å². The van der Waals surface area contributed by atoms with Crippen molar-refractivity contribution in [1.29, 1.82) is 0 Å². The van der Waals surface area contributed by atoms with Crippen LogP contribution in [0.25, 0.3) is 0 Å². The van der Waals surface area contributed by atoms with E-state index in [-0.39, 0.29) is 26.2 Å². The molecular weight excluding hydrogens is 513 g/mol. The maximum absolute atomic E-state index is 13.0. The van der Waals surface area contributed by atoms with Crippen molar-refractivity contribution in [1.82, 2.24) is 29.7 Å². The van der Waals surface area contributed by atoms with Crippen LogP contribution in [0.1, 0.15) is 28.1 Å². The molecule has 0 radical (unpaired) electrons. The summed E-state index contributed by atoms with van der Waals surface area (Å²) in [5.74, 6) is -0.492. The highest BCUT2D eigenvalue weighted by molar-refractivity contribution is 6.30. The first-order valence-corrected chi connectivity index (χ1v) is 11.5. The molecule has 0 unspecified atom stereocenters. The summed E-state index contributed by atoms with van der Waals surface area (Å²) in [6.07, 6.45) is -1.18. The maximum Gasteiger partial charge on any atom is 0.404 e. The van der Waals surface area contributed by atoms with Gasteiger partial charge in [0, 0.05) is 42.5 Å². The van der Waals surface area contributed by atoms with Gasteiger partial charge in [-0.3, -0.25) is 18.8 Å². The van der Waals surface area contributed by atoms with Crippen LogP contribution in [-0.2, 0) is 38.0 Å². The summed E-state index contributed by atoms with van der Waals surface area (Å²) in [7, 11) is 1.68. The van der Waals surface area contributed by atoms with E-state index in [1.807, 2.05) is 0 Å². The molecule has 0 aliphatic heterocycles. The Kier molecular flexibility index (Phi) is 8.43. The van der Waals surface area contributed by atoms with E-state index in [1.165, 1.54) is 10.7 Å². The van der Waals surface area contributed by atoms with Crippen molar-refractivity contribution in [3.63, 3.8) is 0 Å². The van der Waals surface area contributed by atoms with Gasteiger partial charge in [0.1, 0.15) is 11.7 Å². The Labute approximate surface area is 215 Å². The molecule has 0 aliphatic rings. The summed E-state index contributed by atoms with van der Waals surface area (Å²) in [5.41, 5.74) is 4.29. The molecule has 3 aromatic rings. The van der Waals surface area contributed by atoms with Crippen LogP contribution in [0, 0.1) is 13.8 Å². The molecule has 0 saturated carbocycles. The lowest BCUT2D eigenvalue weighted by Crippen LogP contribution is -2.46. The minimum atomic E-state index is -1.18. The fourth-order valence-electron chi connectivity index (χ4n) is 3.55. The molecule has 14 heteroatoms. The number of hydrogen-bond acceptors (Lipinski definition) is 6. The average Bonchev–Trinajstić information content (AvgIpc) is 3.05. The molecule has 2 aromatic heterocycles. The third kappa shape index (κ3) is 6.26. The molecule has 0 saturated heterocycles. The summed E-state index contributed by atoms with van der Waals surface area (Å²) in [4.78, 5) is 49.0. The van der Waals surface area contributed by atoms with E-state index < -0.39 is 23.2 Å². The number of carboxylic acid groups (broad SMARTS) is 1. The third-order valence-electron chi connectivity index (χ3n) is 5.46. The van der Waals surface area contributed by atoms with E-state index in [9.17, 15) is 19.2 Å². The molecule has 0 spiro atoms. The first kappa shape index (κ1) is 26.8. The highest BCUT2D eigenvalue weighted by Crippen LogP contribution is 2.18. The minimum absolute atomic E-state index is 0.0350. The normalized spacial score (nSPS) is 10.8. The van der Waals surface area contributed by atoms with E-state index in [0.29, 0.717) is 38.3 Å². The van der Waals surface area contributed by atoms with Gasteiger partial charge in [-0.1, -0.05) is 29.3 Å². The molecule has 4 N–H and O–H groups in total. The first-order chi connectivity index (χ1) is 17.0. The van der Waals surface area contributed by atoms with Gasteiger partial charge in [-0.2, -0.15) is 9.77 Å². The van der Waals surface area contributed by atoms with Crippen LogP contribution < -0.4 is 27.3 Å². The number of rotatable bonds is 9. The molecule has 3 rings (SSSR count). The van der Waals surface area contributed by atoms with Crippen LogP contribution in [0.3, 0.4) is 0 Å². The molecule has 36 heavy (non-hydrogen) atoms. The molecule has 0 atom stereocenters. The highest BCUT2D eigenvalue weighted by atomic mass is 35.5. The second-order valence-electron chi connectivity index (χ2n) is 7.99. The monoisotopic (exact) mass is 537 g/mol. The Morgan fingerprint density at radius 1 is 1.03 bits per heavy atom. The van der Waals surface area contributed by atoms with Crippen molar-refractivity contribution in [3.8, 4) is 0 Å². The minimum Gasteiger partial charge on any atom is -0.465 e. The van der Waals surface area contributed by atoms with E-state index >= 15 is 0 Å². The standard InChI is InChI=1S/C22H25Cl2N7O5/c1-12-6-19(33)31(27-10-17-13(2)28-29(3)20(17)24)22(36)30(12)11-18(32)25-9-15-7-16(23)5-4-14(15)8-26-21(34)35/h4-7,26-27H,8-11H2,1-3H3,(H,25,32)(H,34,35). The van der Waals surface area contributed by atoms with Crippen molar-refractivity contribution >= 4 is 35.2 Å². The van der Waals surface area contributed by atoms with Crippen molar-refractivity contribution in [2.24, 2.45) is 7.05 Å². The molecule has 0 bridgehead atoms. The van der Waals surface area contributed by atoms with Gasteiger partial charge in [0.25, 0.3) is 5.56 Å². The van der Waals surface area contributed by atoms with Gasteiger partial charge in [0.2, 0.25) is 5.91 Å². The third-order valence-corrected chi connectivity index (χ3v) is 6.17. The lowest BCUT2D eigenvalue weighted by atomic mass is 10.1. The molecule has 1 aromatic carbocycles. The number of nitrogens with one attached hydrogen (secondary N) is 3. The van der Waals surface area contributed by atoms with E-state index in [2.05, 4.69) is 21.2 Å². The number of halogens is 2. The van der Waals surface area contributed by atoms with Gasteiger partial charge in [-0.25, -0.2) is 9.59 Å². The highest BCUT2D eigenvalue weighted by Gasteiger charge is 2.15. The Morgan fingerprint density at radius 3 is 2.36 bits per heavy atom. The molecule has 0 aliphatic carbocycles. The lowest BCUT2D eigenvalue weighted by Gasteiger charge is -2.15. The number of aromatic nitrogens is 4. The molecule has 2 amide bonds. The number of hydrogen-bond donors (Lipinski definition) is 4. The van der Waals surface area contributed by atoms with Crippen molar-refractivity contribution in [3.05, 3.63) is 83.4 Å². The fraction of sp³-hybridized carbons (Fsp3) is 0.318. The van der Waals surface area contributed by atoms with Crippen LogP contribution in [0.5, 0.6) is 0 Å². The Bertz CT molecular complexity index is 1430. The number of carbonyl (C=O) groups is 2. The predicted molar refractivity (Wildman–Crippen MR) is 134 cm³/mol. The largest absolute Gasteiger partial charge is 0.465 e. The van der Waals surface area contributed by atoms with Crippen LogP contribution in [0.4, 0.5) is 4.79 Å². The quantitative estimate of drug-likeness (QED) is 0.322. The van der Waals surface area contributed by atoms with Crippen molar-refractivity contribution in [2.75, 3.05) is 5.43 Å². The number of amides is 2. The van der Waals surface area contributed by atoms with Gasteiger partial charge >= 0.3 is 11.8 Å². The number of nitrogens with zero attached hydrogens (tertiary/aromatic N) is 4. The van der Waals surface area contributed by atoms with Crippen molar-refractivity contribution < 1.29 is 14.7 Å². The predicted octanol–water partition coefficient (Wildman–Crippen LogP) is 1.49. The summed E-state index contributed by atoms with van der Waals surface area (Å²) < 4.78 is 3.46. The molecule has 192 valence electrons. The zero-order chi connectivity index (χ0) is 26.6. The van der Waals surface area contributed by atoms with Crippen LogP contribution in [0.2, 0.25) is 10.2 Å². The number of carbonyl (C=O) groups excluding carboxylic acids is 1. The zero-order valence-corrected chi connectivity index (χ0v) is 21.3. The first-order valence-electron chi connectivity index (χ1n) is 10.7. The average molecular weight is 538 g/mol. The Balaban J connectivity index is 1.75.